The number of nitriles is 1. The molecule has 1 atom stereocenters. The highest BCUT2D eigenvalue weighted by molar-refractivity contribution is 5.08. The van der Waals surface area contributed by atoms with Crippen LogP contribution in [0.15, 0.2) is 17.9 Å². The van der Waals surface area contributed by atoms with E-state index in [9.17, 15) is 5.11 Å². The van der Waals surface area contributed by atoms with Gasteiger partial charge in [-0.05, 0) is 37.2 Å². The lowest BCUT2D eigenvalue weighted by Crippen LogP contribution is -2.24. The predicted octanol–water partition coefficient (Wildman–Crippen LogP) is 3.33. The van der Waals surface area contributed by atoms with Gasteiger partial charge in [0.15, 0.2) is 0 Å². The minimum Gasteiger partial charge on any atom is -0.388 e. The number of rotatable bonds is 5. The highest BCUT2D eigenvalue weighted by atomic mass is 16.3. The third kappa shape index (κ3) is 3.85. The van der Waals surface area contributed by atoms with E-state index in [4.69, 9.17) is 5.26 Å². The summed E-state index contributed by atoms with van der Waals surface area (Å²) in [5.74, 6) is 0.389. The predicted molar refractivity (Wildman–Crippen MR) is 64.7 cm³/mol. The van der Waals surface area contributed by atoms with Crippen LogP contribution in [0.1, 0.15) is 51.4 Å². The fourth-order valence-electron chi connectivity index (χ4n) is 2.43. The van der Waals surface area contributed by atoms with Gasteiger partial charge in [0.05, 0.1) is 12.2 Å². The molecule has 0 radical (unpaired) electrons. The molecule has 1 saturated carbocycles. The van der Waals surface area contributed by atoms with Crippen molar-refractivity contribution in [3.05, 3.63) is 17.9 Å². The molecule has 1 fully saturated rings. The Balaban J connectivity index is 2.45. The Hall–Kier alpha value is -1.03. The lowest BCUT2D eigenvalue weighted by atomic mass is 9.82. The Morgan fingerprint density at radius 2 is 2.06 bits per heavy atom. The fraction of sp³-hybridized carbons (Fsp3) is 0.714. The Kier molecular flexibility index (Phi) is 5.93. The second-order valence-corrected chi connectivity index (χ2v) is 4.56. The van der Waals surface area contributed by atoms with Crippen molar-refractivity contribution in [3.8, 4) is 6.07 Å². The average molecular weight is 219 g/mol. The molecule has 1 N–H and O–H groups in total. The molecule has 0 bridgehead atoms. The third-order valence-electron chi connectivity index (χ3n) is 3.42. The molecule has 1 aliphatic carbocycles. The first-order valence-electron chi connectivity index (χ1n) is 6.23. The van der Waals surface area contributed by atoms with E-state index in [1.807, 2.05) is 0 Å². The van der Waals surface area contributed by atoms with E-state index in [2.05, 4.69) is 18.4 Å². The number of aliphatic hydroxyl groups excluding tert-OH is 1. The summed E-state index contributed by atoms with van der Waals surface area (Å²) in [7, 11) is 0. The zero-order valence-electron chi connectivity index (χ0n) is 9.91. The molecule has 0 saturated heterocycles. The van der Waals surface area contributed by atoms with Gasteiger partial charge in [0.2, 0.25) is 0 Å². The molecule has 0 aromatic heterocycles. The Labute approximate surface area is 98.3 Å². The minimum absolute atomic E-state index is 0.378. The van der Waals surface area contributed by atoms with Crippen LogP contribution in [-0.4, -0.2) is 11.2 Å². The van der Waals surface area contributed by atoms with Crippen LogP contribution in [0.2, 0.25) is 0 Å². The molecule has 0 heterocycles. The molecule has 0 unspecified atom stereocenters. The summed E-state index contributed by atoms with van der Waals surface area (Å²) in [4.78, 5) is 0. The molecule has 16 heavy (non-hydrogen) atoms. The maximum Gasteiger partial charge on any atom is 0.0851 e. The summed E-state index contributed by atoms with van der Waals surface area (Å²) < 4.78 is 0. The van der Waals surface area contributed by atoms with Crippen LogP contribution in [0, 0.1) is 17.2 Å². The van der Waals surface area contributed by atoms with Crippen LogP contribution in [-0.2, 0) is 0 Å². The highest BCUT2D eigenvalue weighted by Crippen LogP contribution is 2.30. The van der Waals surface area contributed by atoms with Gasteiger partial charge in [0, 0.05) is 6.42 Å². The van der Waals surface area contributed by atoms with Crippen molar-refractivity contribution in [1.82, 2.24) is 0 Å². The lowest BCUT2D eigenvalue weighted by Gasteiger charge is -2.27. The summed E-state index contributed by atoms with van der Waals surface area (Å²) in [6.07, 6.45) is 7.71. The van der Waals surface area contributed by atoms with Crippen molar-refractivity contribution in [2.24, 2.45) is 5.92 Å². The number of unbranched alkanes of at least 4 members (excludes halogenated alkanes) is 1. The Bertz CT molecular complexity index is 290. The SMILES string of the molecule is C=C=C(CCCC#N)[C@H](O)C1CCCCC1. The van der Waals surface area contributed by atoms with E-state index in [-0.39, 0.29) is 6.10 Å². The first-order chi connectivity index (χ1) is 7.79. The van der Waals surface area contributed by atoms with Gasteiger partial charge >= 0.3 is 0 Å². The van der Waals surface area contributed by atoms with Crippen molar-refractivity contribution in [2.75, 3.05) is 0 Å². The summed E-state index contributed by atoms with van der Waals surface area (Å²) >= 11 is 0. The molecule has 1 aliphatic rings. The number of aliphatic hydroxyl groups is 1. The summed E-state index contributed by atoms with van der Waals surface area (Å²) in [5.41, 5.74) is 3.77. The lowest BCUT2D eigenvalue weighted by molar-refractivity contribution is 0.112. The molecule has 1 rings (SSSR count). The molecule has 0 aromatic rings. The van der Waals surface area contributed by atoms with Gasteiger partial charge in [0.1, 0.15) is 0 Å². The zero-order chi connectivity index (χ0) is 11.8. The van der Waals surface area contributed by atoms with Crippen molar-refractivity contribution in [1.29, 1.82) is 5.26 Å². The van der Waals surface area contributed by atoms with Gasteiger partial charge in [-0.25, -0.2) is 0 Å². The number of hydrogen-bond donors (Lipinski definition) is 1. The molecule has 2 nitrogen and oxygen atoms in total. The van der Waals surface area contributed by atoms with Crippen LogP contribution in [0.3, 0.4) is 0 Å². The molecule has 0 aromatic carbocycles. The van der Waals surface area contributed by atoms with Crippen molar-refractivity contribution in [2.45, 2.75) is 57.5 Å². The monoisotopic (exact) mass is 219 g/mol. The van der Waals surface area contributed by atoms with Crippen molar-refractivity contribution in [3.63, 3.8) is 0 Å². The van der Waals surface area contributed by atoms with Crippen molar-refractivity contribution >= 4 is 0 Å². The Morgan fingerprint density at radius 3 is 2.62 bits per heavy atom. The van der Waals surface area contributed by atoms with Gasteiger partial charge in [0.25, 0.3) is 0 Å². The topological polar surface area (TPSA) is 44.0 Å². The van der Waals surface area contributed by atoms with E-state index in [0.717, 1.165) is 31.3 Å². The van der Waals surface area contributed by atoms with Gasteiger partial charge in [-0.3, -0.25) is 0 Å². The standard InChI is InChI=1S/C14H21NO/c1-2-12(8-6-7-11-15)14(16)13-9-4-3-5-10-13/h13-14,16H,1,3-10H2/t14-/m0/s1. The van der Waals surface area contributed by atoms with Crippen LogP contribution in [0.25, 0.3) is 0 Å². The molecule has 88 valence electrons. The van der Waals surface area contributed by atoms with Crippen LogP contribution in [0.4, 0.5) is 0 Å². The van der Waals surface area contributed by atoms with Crippen molar-refractivity contribution < 1.29 is 5.11 Å². The smallest absolute Gasteiger partial charge is 0.0851 e. The normalized spacial score (nSPS) is 18.5. The molecule has 2 heteroatoms. The average Bonchev–Trinajstić information content (AvgIpc) is 2.35. The molecular formula is C14H21NO. The first kappa shape index (κ1) is 13.0. The molecular weight excluding hydrogens is 198 g/mol. The van der Waals surface area contributed by atoms with Crippen LogP contribution in [0.5, 0.6) is 0 Å². The molecule has 0 aliphatic heterocycles. The van der Waals surface area contributed by atoms with Crippen LogP contribution < -0.4 is 0 Å². The molecule has 0 spiro atoms. The van der Waals surface area contributed by atoms with Gasteiger partial charge in [-0.2, -0.15) is 5.26 Å². The quantitative estimate of drug-likeness (QED) is 0.569. The Morgan fingerprint density at radius 1 is 1.38 bits per heavy atom. The second kappa shape index (κ2) is 7.28. The fourth-order valence-corrected chi connectivity index (χ4v) is 2.43. The third-order valence-corrected chi connectivity index (χ3v) is 3.42. The largest absolute Gasteiger partial charge is 0.388 e. The maximum absolute atomic E-state index is 10.2. The van der Waals surface area contributed by atoms with Crippen LogP contribution >= 0.6 is 0 Å². The summed E-state index contributed by atoms with van der Waals surface area (Å²) in [5, 5.41) is 18.7. The summed E-state index contributed by atoms with van der Waals surface area (Å²) in [6.45, 7) is 3.65. The minimum atomic E-state index is -0.378. The van der Waals surface area contributed by atoms with E-state index in [0.29, 0.717) is 12.3 Å². The first-order valence-corrected chi connectivity index (χ1v) is 6.23. The summed E-state index contributed by atoms with van der Waals surface area (Å²) in [6, 6.07) is 2.12. The molecule has 0 amide bonds. The van der Waals surface area contributed by atoms with E-state index in [1.165, 1.54) is 19.3 Å². The van der Waals surface area contributed by atoms with E-state index < -0.39 is 0 Å². The second-order valence-electron chi connectivity index (χ2n) is 4.56. The van der Waals surface area contributed by atoms with Gasteiger partial charge in [-0.1, -0.05) is 25.8 Å². The number of nitrogens with zero attached hydrogens (tertiary/aromatic N) is 1. The highest BCUT2D eigenvalue weighted by Gasteiger charge is 2.24. The van der Waals surface area contributed by atoms with Gasteiger partial charge in [-0.15, -0.1) is 5.73 Å². The maximum atomic E-state index is 10.2. The van der Waals surface area contributed by atoms with Gasteiger partial charge < -0.3 is 5.11 Å². The number of hydrogen-bond acceptors (Lipinski definition) is 2. The van der Waals surface area contributed by atoms with E-state index in [1.54, 1.807) is 0 Å². The zero-order valence-corrected chi connectivity index (χ0v) is 9.91. The van der Waals surface area contributed by atoms with E-state index >= 15 is 0 Å².